The molecule has 0 aromatic carbocycles. The highest BCUT2D eigenvalue weighted by atomic mass is 15.0. The Morgan fingerprint density at radius 1 is 1.43 bits per heavy atom. The van der Waals surface area contributed by atoms with E-state index < -0.39 is 0 Å². The van der Waals surface area contributed by atoms with Gasteiger partial charge in [-0.15, -0.1) is 0 Å². The molecule has 1 aliphatic heterocycles. The number of rotatable bonds is 5. The third-order valence-corrected chi connectivity index (χ3v) is 3.96. The zero-order valence-corrected chi connectivity index (χ0v) is 9.44. The van der Waals surface area contributed by atoms with Crippen molar-refractivity contribution < 1.29 is 0 Å². The summed E-state index contributed by atoms with van der Waals surface area (Å²) in [4.78, 5) is 0. The second-order valence-corrected chi connectivity index (χ2v) is 5.50. The molecule has 0 spiro atoms. The van der Waals surface area contributed by atoms with Gasteiger partial charge in [-0.3, -0.25) is 0 Å². The van der Waals surface area contributed by atoms with Gasteiger partial charge in [0.15, 0.2) is 0 Å². The lowest BCUT2D eigenvalue weighted by Gasteiger charge is -2.27. The molecular formula is C12H24N2. The SMILES string of the molecule is CC1(CNCCC2CCC2)CCNC1. The first kappa shape index (κ1) is 10.4. The summed E-state index contributed by atoms with van der Waals surface area (Å²) in [5, 5.41) is 7.07. The average Bonchev–Trinajstić information content (AvgIpc) is 2.49. The van der Waals surface area contributed by atoms with Crippen LogP contribution in [0.25, 0.3) is 0 Å². The van der Waals surface area contributed by atoms with Crippen molar-refractivity contribution in [3.8, 4) is 0 Å². The van der Waals surface area contributed by atoms with Crippen LogP contribution < -0.4 is 10.6 Å². The topological polar surface area (TPSA) is 24.1 Å². The monoisotopic (exact) mass is 196 g/mol. The molecule has 82 valence electrons. The van der Waals surface area contributed by atoms with Gasteiger partial charge in [-0.05, 0) is 37.3 Å². The van der Waals surface area contributed by atoms with E-state index in [0.29, 0.717) is 5.41 Å². The van der Waals surface area contributed by atoms with Gasteiger partial charge in [-0.25, -0.2) is 0 Å². The number of nitrogens with one attached hydrogen (secondary N) is 2. The Morgan fingerprint density at radius 2 is 2.29 bits per heavy atom. The van der Waals surface area contributed by atoms with E-state index in [0.717, 1.165) is 5.92 Å². The van der Waals surface area contributed by atoms with Crippen LogP contribution in [0.15, 0.2) is 0 Å². The smallest absolute Gasteiger partial charge is 0.00178 e. The molecule has 1 atom stereocenters. The Bertz CT molecular complexity index is 169. The molecule has 0 aromatic heterocycles. The second-order valence-electron chi connectivity index (χ2n) is 5.50. The summed E-state index contributed by atoms with van der Waals surface area (Å²) in [7, 11) is 0. The zero-order chi connectivity index (χ0) is 9.86. The molecule has 0 amide bonds. The standard InChI is InChI=1S/C12H24N2/c1-12(6-8-14-10-12)9-13-7-5-11-3-2-4-11/h11,13-14H,2-10H2,1H3. The molecule has 0 radical (unpaired) electrons. The maximum atomic E-state index is 3.63. The van der Waals surface area contributed by atoms with E-state index in [2.05, 4.69) is 17.6 Å². The first-order valence-electron chi connectivity index (χ1n) is 6.20. The molecule has 1 saturated carbocycles. The molecule has 2 fully saturated rings. The molecule has 2 nitrogen and oxygen atoms in total. The van der Waals surface area contributed by atoms with Crippen LogP contribution in [-0.2, 0) is 0 Å². The van der Waals surface area contributed by atoms with E-state index in [1.54, 1.807) is 0 Å². The van der Waals surface area contributed by atoms with Crippen LogP contribution in [0.5, 0.6) is 0 Å². The Balaban J connectivity index is 1.53. The molecule has 1 unspecified atom stereocenters. The molecule has 1 heterocycles. The maximum Gasteiger partial charge on any atom is 0.00178 e. The molecular weight excluding hydrogens is 172 g/mol. The predicted octanol–water partition coefficient (Wildman–Crippen LogP) is 1.77. The van der Waals surface area contributed by atoms with Gasteiger partial charge in [0, 0.05) is 13.1 Å². The minimum atomic E-state index is 0.527. The van der Waals surface area contributed by atoms with Gasteiger partial charge in [-0.1, -0.05) is 26.2 Å². The van der Waals surface area contributed by atoms with Crippen LogP contribution in [0.4, 0.5) is 0 Å². The fourth-order valence-corrected chi connectivity index (χ4v) is 2.50. The highest BCUT2D eigenvalue weighted by molar-refractivity contribution is 4.85. The van der Waals surface area contributed by atoms with Crippen molar-refractivity contribution in [2.75, 3.05) is 26.2 Å². The van der Waals surface area contributed by atoms with Gasteiger partial charge in [-0.2, -0.15) is 0 Å². The van der Waals surface area contributed by atoms with E-state index >= 15 is 0 Å². The van der Waals surface area contributed by atoms with Gasteiger partial charge in [0.05, 0.1) is 0 Å². The zero-order valence-electron chi connectivity index (χ0n) is 9.44. The van der Waals surface area contributed by atoms with Gasteiger partial charge < -0.3 is 10.6 Å². The summed E-state index contributed by atoms with van der Waals surface area (Å²) in [5.41, 5.74) is 0.527. The van der Waals surface area contributed by atoms with E-state index in [1.807, 2.05) is 0 Å². The Morgan fingerprint density at radius 3 is 2.86 bits per heavy atom. The first-order chi connectivity index (χ1) is 6.79. The third kappa shape index (κ3) is 2.71. The van der Waals surface area contributed by atoms with E-state index in [9.17, 15) is 0 Å². The lowest BCUT2D eigenvalue weighted by Crippen LogP contribution is -2.34. The summed E-state index contributed by atoms with van der Waals surface area (Å²) in [5.74, 6) is 1.05. The lowest BCUT2D eigenvalue weighted by atomic mass is 9.83. The summed E-state index contributed by atoms with van der Waals surface area (Å²) in [6.07, 6.45) is 7.19. The van der Waals surface area contributed by atoms with Crippen molar-refractivity contribution in [3.05, 3.63) is 0 Å². The summed E-state index contributed by atoms with van der Waals surface area (Å²) >= 11 is 0. The van der Waals surface area contributed by atoms with Crippen LogP contribution in [0, 0.1) is 11.3 Å². The summed E-state index contributed by atoms with van der Waals surface area (Å²) < 4.78 is 0. The predicted molar refractivity (Wildman–Crippen MR) is 60.4 cm³/mol. The van der Waals surface area contributed by atoms with Crippen LogP contribution in [0.2, 0.25) is 0 Å². The fourth-order valence-electron chi connectivity index (χ4n) is 2.50. The molecule has 0 bridgehead atoms. The van der Waals surface area contributed by atoms with Gasteiger partial charge in [0.2, 0.25) is 0 Å². The average molecular weight is 196 g/mol. The minimum Gasteiger partial charge on any atom is -0.316 e. The van der Waals surface area contributed by atoms with Crippen molar-refractivity contribution in [2.45, 2.75) is 39.0 Å². The van der Waals surface area contributed by atoms with Crippen LogP contribution in [0.1, 0.15) is 39.0 Å². The maximum absolute atomic E-state index is 3.63. The molecule has 2 aliphatic rings. The van der Waals surface area contributed by atoms with Crippen molar-refractivity contribution in [1.29, 1.82) is 0 Å². The highest BCUT2D eigenvalue weighted by Crippen LogP contribution is 2.29. The van der Waals surface area contributed by atoms with Crippen LogP contribution >= 0.6 is 0 Å². The van der Waals surface area contributed by atoms with Crippen molar-refractivity contribution >= 4 is 0 Å². The van der Waals surface area contributed by atoms with Crippen molar-refractivity contribution in [2.24, 2.45) is 11.3 Å². The van der Waals surface area contributed by atoms with Gasteiger partial charge >= 0.3 is 0 Å². The Hall–Kier alpha value is -0.0800. The van der Waals surface area contributed by atoms with Crippen LogP contribution in [0.3, 0.4) is 0 Å². The van der Waals surface area contributed by atoms with E-state index in [4.69, 9.17) is 0 Å². The molecule has 0 aromatic rings. The highest BCUT2D eigenvalue weighted by Gasteiger charge is 2.27. The Kier molecular flexibility index (Phi) is 3.45. The molecule has 1 aliphatic carbocycles. The second kappa shape index (κ2) is 4.63. The van der Waals surface area contributed by atoms with E-state index in [1.165, 1.54) is 58.3 Å². The number of hydrogen-bond donors (Lipinski definition) is 2. The molecule has 14 heavy (non-hydrogen) atoms. The normalized spacial score (nSPS) is 33.2. The minimum absolute atomic E-state index is 0.527. The van der Waals surface area contributed by atoms with Gasteiger partial charge in [0.1, 0.15) is 0 Å². The van der Waals surface area contributed by atoms with Crippen molar-refractivity contribution in [1.82, 2.24) is 10.6 Å². The van der Waals surface area contributed by atoms with Crippen molar-refractivity contribution in [3.63, 3.8) is 0 Å². The van der Waals surface area contributed by atoms with Gasteiger partial charge in [0.25, 0.3) is 0 Å². The lowest BCUT2D eigenvalue weighted by molar-refractivity contribution is 0.278. The largest absolute Gasteiger partial charge is 0.316 e. The Labute approximate surface area is 87.8 Å². The summed E-state index contributed by atoms with van der Waals surface area (Å²) in [6.45, 7) is 7.24. The molecule has 1 saturated heterocycles. The number of hydrogen-bond acceptors (Lipinski definition) is 2. The fraction of sp³-hybridized carbons (Fsp3) is 1.00. The van der Waals surface area contributed by atoms with Crippen LogP contribution in [-0.4, -0.2) is 26.2 Å². The molecule has 2 N–H and O–H groups in total. The first-order valence-corrected chi connectivity index (χ1v) is 6.20. The molecule has 2 rings (SSSR count). The summed E-state index contributed by atoms with van der Waals surface area (Å²) in [6, 6.07) is 0. The molecule has 2 heteroatoms. The quantitative estimate of drug-likeness (QED) is 0.655. The third-order valence-electron chi connectivity index (χ3n) is 3.96. The van der Waals surface area contributed by atoms with E-state index in [-0.39, 0.29) is 0 Å².